The van der Waals surface area contributed by atoms with Crippen molar-refractivity contribution in [2.45, 2.75) is 0 Å². The normalized spacial score (nSPS) is 8.44. The van der Waals surface area contributed by atoms with Crippen molar-refractivity contribution in [1.29, 1.82) is 0 Å². The second-order valence-electron chi connectivity index (χ2n) is 2.00. The minimum Gasteiger partial charge on any atom is -0.864 e. The molecule has 0 atom stereocenters. The van der Waals surface area contributed by atoms with Gasteiger partial charge in [-0.15, -0.1) is 0 Å². The van der Waals surface area contributed by atoms with E-state index in [9.17, 15) is 14.7 Å². The summed E-state index contributed by atoms with van der Waals surface area (Å²) in [4.78, 5) is 19.3. The van der Waals surface area contributed by atoms with Crippen LogP contribution < -0.4 is 34.7 Å². The largest absolute Gasteiger partial charge is 1.00 e. The van der Waals surface area contributed by atoms with Gasteiger partial charge in [0, 0.05) is 34.5 Å². The molecule has 0 aromatic rings. The number of hydrogen-bond donors (Lipinski definition) is 3. The van der Waals surface area contributed by atoms with E-state index in [4.69, 9.17) is 15.3 Å². The minimum atomic E-state index is -1.16. The number of thiocarbonyl (C=S) groups is 2. The predicted octanol–water partition coefficient (Wildman–Crippen LogP) is -3.17. The zero-order chi connectivity index (χ0) is 13.1. The monoisotopic (exact) mass is 483 g/mol. The fourth-order valence-corrected chi connectivity index (χ4v) is 0.418. The molecule has 0 aliphatic heterocycles. The molecule has 0 aromatic heterocycles. The standard InChI is InChI=1S/2C4H4O3S.Au.Na/c2*5-3(6)1-2-4(7)8;;/h2*1-2H,(H,5,6)(H,7,8);;/q;;;+1/p-1/b2*2-1-;;. The molecule has 0 aromatic carbocycles. The molecule has 0 fully saturated rings. The van der Waals surface area contributed by atoms with Crippen molar-refractivity contribution in [1.82, 2.24) is 0 Å². The Morgan fingerprint density at radius 3 is 1.33 bits per heavy atom. The van der Waals surface area contributed by atoms with Gasteiger partial charge in [0.2, 0.25) is 0 Å². The van der Waals surface area contributed by atoms with Gasteiger partial charge >= 0.3 is 41.5 Å². The Kier molecular flexibility index (Phi) is 24.9. The number of carboxylic acid groups (broad SMARTS) is 2. The van der Waals surface area contributed by atoms with Gasteiger partial charge in [-0.3, -0.25) is 0 Å². The molecule has 0 saturated heterocycles. The first-order valence-electron chi connectivity index (χ1n) is 3.51. The summed E-state index contributed by atoms with van der Waals surface area (Å²) in [6.07, 6.45) is 3.22. The molecule has 1 radical (unpaired) electrons. The third-order valence-electron chi connectivity index (χ3n) is 0.730. The first kappa shape index (κ1) is 26.5. The van der Waals surface area contributed by atoms with E-state index in [1.54, 1.807) is 0 Å². The molecule has 0 saturated carbocycles. The third kappa shape index (κ3) is 36.0. The maximum atomic E-state index is 9.81. The molecular formula is C8H7AuNaO6S2. The summed E-state index contributed by atoms with van der Waals surface area (Å²) >= 11 is 8.13. The fraction of sp³-hybridized carbons (Fsp3) is 0. The van der Waals surface area contributed by atoms with E-state index in [1.807, 2.05) is 0 Å². The first-order chi connectivity index (χ1) is 7.25. The third-order valence-corrected chi connectivity index (χ3v) is 1.00. The van der Waals surface area contributed by atoms with Gasteiger partial charge in [-0.25, -0.2) is 9.59 Å². The van der Waals surface area contributed by atoms with Crippen molar-refractivity contribution in [2.75, 3.05) is 0 Å². The average Bonchev–Trinajstić information content (AvgIpc) is 2.12. The van der Waals surface area contributed by atoms with Gasteiger partial charge in [-0.2, -0.15) is 0 Å². The van der Waals surface area contributed by atoms with Crippen molar-refractivity contribution in [2.24, 2.45) is 0 Å². The van der Waals surface area contributed by atoms with Crippen LogP contribution in [0.25, 0.3) is 0 Å². The molecular weight excluding hydrogens is 476 g/mol. The smallest absolute Gasteiger partial charge is 0.864 e. The number of rotatable bonds is 4. The molecule has 10 heteroatoms. The van der Waals surface area contributed by atoms with Crippen LogP contribution in [-0.4, -0.2) is 37.4 Å². The maximum absolute atomic E-state index is 9.81. The van der Waals surface area contributed by atoms with Crippen LogP contribution in [0.15, 0.2) is 24.3 Å². The van der Waals surface area contributed by atoms with Crippen LogP contribution in [0, 0.1) is 0 Å². The van der Waals surface area contributed by atoms with Gasteiger partial charge in [-0.05, 0) is 23.3 Å². The van der Waals surface area contributed by atoms with E-state index in [1.165, 1.54) is 0 Å². The first-order valence-corrected chi connectivity index (χ1v) is 4.33. The maximum Gasteiger partial charge on any atom is 1.00 e. The number of hydrogen-bond acceptors (Lipinski definition) is 5. The van der Waals surface area contributed by atoms with Crippen molar-refractivity contribution in [3.05, 3.63) is 24.3 Å². The Bertz CT molecular complexity index is 289. The van der Waals surface area contributed by atoms with Crippen LogP contribution in [0.4, 0.5) is 0 Å². The van der Waals surface area contributed by atoms with Crippen molar-refractivity contribution < 1.29 is 82.0 Å². The fourth-order valence-electron chi connectivity index (χ4n) is 0.282. The molecule has 6 nitrogen and oxygen atoms in total. The van der Waals surface area contributed by atoms with E-state index < -0.39 is 22.0 Å². The Labute approximate surface area is 151 Å². The van der Waals surface area contributed by atoms with Gasteiger partial charge in [0.05, 0.1) is 0 Å². The van der Waals surface area contributed by atoms with Crippen LogP contribution in [0.1, 0.15) is 0 Å². The number of carbonyl (C=O) groups is 2. The van der Waals surface area contributed by atoms with Crippen LogP contribution in [-0.2, 0) is 32.0 Å². The second kappa shape index (κ2) is 16.9. The molecule has 0 unspecified atom stereocenters. The summed E-state index contributed by atoms with van der Waals surface area (Å²) < 4.78 is 0. The molecule has 0 bridgehead atoms. The van der Waals surface area contributed by atoms with E-state index in [-0.39, 0.29) is 51.9 Å². The zero-order valence-electron chi connectivity index (χ0n) is 8.99. The number of carboxylic acids is 2. The van der Waals surface area contributed by atoms with Crippen LogP contribution in [0.3, 0.4) is 0 Å². The molecule has 3 N–H and O–H groups in total. The number of aliphatic carboxylic acids is 2. The summed E-state index contributed by atoms with van der Waals surface area (Å²) in [6, 6.07) is 0. The Balaban J connectivity index is -0.0000000980. The molecule has 0 heterocycles. The predicted molar refractivity (Wildman–Crippen MR) is 61.4 cm³/mol. The zero-order valence-corrected chi connectivity index (χ0v) is 14.8. The molecule has 0 spiro atoms. The van der Waals surface area contributed by atoms with Crippen molar-refractivity contribution in [3.63, 3.8) is 0 Å². The SMILES string of the molecule is O=C(O)/C=C\C(O)=S.O=C(O)/C=C\C([O-])=S.[Au].[Na+]. The van der Waals surface area contributed by atoms with Crippen molar-refractivity contribution in [3.8, 4) is 0 Å². The average molecular weight is 483 g/mol. The van der Waals surface area contributed by atoms with E-state index in [2.05, 4.69) is 24.4 Å². The van der Waals surface area contributed by atoms with E-state index in [0.717, 1.165) is 18.2 Å². The van der Waals surface area contributed by atoms with E-state index in [0.29, 0.717) is 6.08 Å². The second-order valence-corrected chi connectivity index (χ2v) is 2.82. The molecule has 0 amide bonds. The Morgan fingerprint density at radius 2 is 1.22 bits per heavy atom. The van der Waals surface area contributed by atoms with Gasteiger partial charge in [-0.1, -0.05) is 18.3 Å². The summed E-state index contributed by atoms with van der Waals surface area (Å²) in [5.74, 6) is -2.29. The van der Waals surface area contributed by atoms with Gasteiger partial charge < -0.3 is 20.4 Å². The topological polar surface area (TPSA) is 118 Å². The Hall–Kier alpha value is -0.0597. The summed E-state index contributed by atoms with van der Waals surface area (Å²) in [7, 11) is 0. The van der Waals surface area contributed by atoms with Gasteiger partial charge in [0.15, 0.2) is 5.05 Å². The molecule has 0 aliphatic carbocycles. The summed E-state index contributed by atoms with van der Waals surface area (Å²) in [5, 5.41) is 32.7. The molecule has 0 aliphatic rings. The summed E-state index contributed by atoms with van der Waals surface area (Å²) in [6.45, 7) is 0. The van der Waals surface area contributed by atoms with Gasteiger partial charge in [0.25, 0.3) is 0 Å². The van der Waals surface area contributed by atoms with Crippen LogP contribution >= 0.6 is 24.4 Å². The number of aliphatic hydroxyl groups excluding tert-OH is 1. The Morgan fingerprint density at radius 1 is 0.889 bits per heavy atom. The van der Waals surface area contributed by atoms with Crippen molar-refractivity contribution >= 4 is 46.5 Å². The van der Waals surface area contributed by atoms with Crippen LogP contribution in [0.5, 0.6) is 0 Å². The van der Waals surface area contributed by atoms with Crippen LogP contribution in [0.2, 0.25) is 0 Å². The molecule has 99 valence electrons. The quantitative estimate of drug-likeness (QED) is 0.218. The number of aliphatic hydroxyl groups is 1. The molecule has 0 rings (SSSR count). The van der Waals surface area contributed by atoms with Gasteiger partial charge in [0.1, 0.15) is 0 Å². The molecule has 18 heavy (non-hydrogen) atoms. The summed E-state index contributed by atoms with van der Waals surface area (Å²) in [5.41, 5.74) is 0. The minimum absolute atomic E-state index is 0. The van der Waals surface area contributed by atoms with E-state index >= 15 is 0 Å².